The fourth-order valence-electron chi connectivity index (χ4n) is 4.60. The summed E-state index contributed by atoms with van der Waals surface area (Å²) in [6.07, 6.45) is 3.88. The normalized spacial score (nSPS) is 14.7. The van der Waals surface area contributed by atoms with Crippen LogP contribution in [0.2, 0.25) is 25.7 Å². The highest BCUT2D eigenvalue weighted by Crippen LogP contribution is 2.38. The van der Waals surface area contributed by atoms with Gasteiger partial charge in [-0.1, -0.05) is 19.6 Å². The molecule has 0 spiro atoms. The predicted molar refractivity (Wildman–Crippen MR) is 151 cm³/mol. The van der Waals surface area contributed by atoms with Crippen LogP contribution in [0.5, 0.6) is 0 Å². The number of alkyl halides is 2. The van der Waals surface area contributed by atoms with Gasteiger partial charge < -0.3 is 19.3 Å². The Bertz CT molecular complexity index is 1390. The summed E-state index contributed by atoms with van der Waals surface area (Å²) in [5.74, 6) is 0. The first-order valence-corrected chi connectivity index (χ1v) is 17.0. The van der Waals surface area contributed by atoms with Crippen molar-refractivity contribution in [2.45, 2.75) is 65.3 Å². The molecule has 4 rings (SSSR count). The maximum atomic E-state index is 13.4. The molecule has 1 fully saturated rings. The molecule has 0 unspecified atom stereocenters. The third kappa shape index (κ3) is 6.61. The highest BCUT2D eigenvalue weighted by atomic mass is 28.3. The number of carbonyl (C=O) groups excluding carboxylic acids is 1. The van der Waals surface area contributed by atoms with E-state index in [1.807, 2.05) is 26.8 Å². The number of halogens is 2. The molecule has 1 aliphatic heterocycles. The molecule has 10 nitrogen and oxygen atoms in total. The van der Waals surface area contributed by atoms with E-state index >= 15 is 0 Å². The van der Waals surface area contributed by atoms with E-state index in [9.17, 15) is 18.8 Å². The third-order valence-corrected chi connectivity index (χ3v) is 8.30. The highest BCUT2D eigenvalue weighted by Gasteiger charge is 2.29. The van der Waals surface area contributed by atoms with Gasteiger partial charge in [-0.05, 0) is 32.9 Å². The predicted octanol–water partition coefficient (Wildman–Crippen LogP) is 5.54. The second-order valence-corrected chi connectivity index (χ2v) is 17.7. The van der Waals surface area contributed by atoms with Crippen LogP contribution in [0.3, 0.4) is 0 Å². The Hall–Kier alpha value is -3.50. The van der Waals surface area contributed by atoms with Crippen LogP contribution >= 0.6 is 0 Å². The van der Waals surface area contributed by atoms with Crippen molar-refractivity contribution in [1.29, 1.82) is 5.26 Å². The summed E-state index contributed by atoms with van der Waals surface area (Å²) in [6, 6.07) is 5.09. The molecule has 0 radical (unpaired) electrons. The molecule has 4 heterocycles. The second kappa shape index (κ2) is 11.5. The Balaban J connectivity index is 1.71. The molecule has 0 aliphatic carbocycles. The molecule has 0 aromatic carbocycles. The van der Waals surface area contributed by atoms with E-state index in [0.29, 0.717) is 65.3 Å². The fraction of sp³-hybridized carbons (Fsp3) is 0.556. The molecular formula is C27H37F2N7O3Si. The Morgan fingerprint density at radius 3 is 2.48 bits per heavy atom. The van der Waals surface area contributed by atoms with Gasteiger partial charge in [-0.25, -0.2) is 14.5 Å². The van der Waals surface area contributed by atoms with Crippen LogP contribution in [0.25, 0.3) is 22.3 Å². The van der Waals surface area contributed by atoms with Crippen molar-refractivity contribution in [3.63, 3.8) is 0 Å². The van der Waals surface area contributed by atoms with Crippen LogP contribution in [0.4, 0.5) is 19.3 Å². The average molecular weight is 574 g/mol. The lowest BCUT2D eigenvalue weighted by atomic mass is 10.1. The van der Waals surface area contributed by atoms with Crippen molar-refractivity contribution in [1.82, 2.24) is 24.2 Å². The number of hydrogen-bond acceptors (Lipinski definition) is 7. The minimum atomic E-state index is -2.81. The largest absolute Gasteiger partial charge is 0.444 e. The van der Waals surface area contributed by atoms with E-state index in [-0.39, 0.29) is 12.8 Å². The molecule has 0 N–H and O–H groups in total. The van der Waals surface area contributed by atoms with E-state index in [1.54, 1.807) is 15.7 Å². The maximum Gasteiger partial charge on any atom is 0.410 e. The summed E-state index contributed by atoms with van der Waals surface area (Å²) in [7, 11) is -1.34. The Kier molecular flexibility index (Phi) is 8.51. The molecule has 216 valence electrons. The molecule has 3 aromatic rings. The number of pyridine rings is 1. The Morgan fingerprint density at radius 1 is 1.20 bits per heavy atom. The fourth-order valence-corrected chi connectivity index (χ4v) is 5.36. The van der Waals surface area contributed by atoms with Crippen LogP contribution in [0.15, 0.2) is 24.7 Å². The number of hydrogen-bond donors (Lipinski definition) is 0. The summed E-state index contributed by atoms with van der Waals surface area (Å²) in [5.41, 5.74) is 1.86. The van der Waals surface area contributed by atoms with Crippen molar-refractivity contribution in [2.75, 3.05) is 37.7 Å². The zero-order valence-corrected chi connectivity index (χ0v) is 24.9. The lowest BCUT2D eigenvalue weighted by molar-refractivity contribution is 0.0240. The number of aromatic nitrogens is 4. The number of ether oxygens (including phenoxy) is 2. The van der Waals surface area contributed by atoms with Crippen LogP contribution in [0, 0.1) is 11.3 Å². The molecule has 1 amide bonds. The number of nitrogens with zero attached hydrogens (tertiary/aromatic N) is 7. The van der Waals surface area contributed by atoms with E-state index in [1.165, 1.54) is 12.4 Å². The van der Waals surface area contributed by atoms with Crippen molar-refractivity contribution < 1.29 is 23.0 Å². The lowest BCUT2D eigenvalue weighted by Crippen LogP contribution is -2.50. The summed E-state index contributed by atoms with van der Waals surface area (Å²) >= 11 is 0. The molecule has 40 heavy (non-hydrogen) atoms. The summed E-state index contributed by atoms with van der Waals surface area (Å²) in [4.78, 5) is 20.9. The van der Waals surface area contributed by atoms with Gasteiger partial charge in [-0.2, -0.15) is 19.1 Å². The van der Waals surface area contributed by atoms with E-state index in [4.69, 9.17) is 9.47 Å². The second-order valence-electron chi connectivity index (χ2n) is 12.1. The van der Waals surface area contributed by atoms with Crippen LogP contribution < -0.4 is 4.90 Å². The van der Waals surface area contributed by atoms with Crippen molar-refractivity contribution in [3.8, 4) is 17.3 Å². The van der Waals surface area contributed by atoms with E-state index in [2.05, 4.69) is 40.7 Å². The zero-order chi connectivity index (χ0) is 29.2. The topological polar surface area (TPSA) is 101 Å². The summed E-state index contributed by atoms with van der Waals surface area (Å²) < 4.78 is 40.7. The van der Waals surface area contributed by atoms with Gasteiger partial charge in [0.1, 0.15) is 24.0 Å². The maximum absolute atomic E-state index is 13.4. The molecule has 0 atom stereocenters. The SMILES string of the molecule is CC(C)(C)OC(=O)N1CCN(c2ccnc3c2c(C#N)c(-c2cnn(C(F)F)c2)n3COCC[Si](C)(C)C)CC1. The van der Waals surface area contributed by atoms with Crippen LogP contribution in [-0.4, -0.2) is 76.8 Å². The first kappa shape index (κ1) is 29.5. The average Bonchev–Trinajstić information content (AvgIpc) is 3.48. The van der Waals surface area contributed by atoms with Crippen molar-refractivity contribution in [2.24, 2.45) is 0 Å². The first-order chi connectivity index (χ1) is 18.8. The summed E-state index contributed by atoms with van der Waals surface area (Å²) in [6.45, 7) is 12.1. The first-order valence-electron chi connectivity index (χ1n) is 13.3. The zero-order valence-electron chi connectivity index (χ0n) is 23.9. The number of carbonyl (C=O) groups is 1. The van der Waals surface area contributed by atoms with Crippen molar-refractivity contribution in [3.05, 3.63) is 30.2 Å². The molecular weight excluding hydrogens is 536 g/mol. The number of rotatable bonds is 8. The number of anilines is 1. The van der Waals surface area contributed by atoms with Gasteiger partial charge in [0.2, 0.25) is 0 Å². The van der Waals surface area contributed by atoms with Gasteiger partial charge in [0.15, 0.2) is 0 Å². The molecule has 0 saturated carbocycles. The molecule has 0 bridgehead atoms. The van der Waals surface area contributed by atoms with Gasteiger partial charge in [0.25, 0.3) is 0 Å². The van der Waals surface area contributed by atoms with Crippen LogP contribution in [-0.2, 0) is 16.2 Å². The Morgan fingerprint density at radius 2 is 1.90 bits per heavy atom. The number of amides is 1. The monoisotopic (exact) mass is 573 g/mol. The quantitative estimate of drug-likeness (QED) is 0.258. The van der Waals surface area contributed by atoms with Gasteiger partial charge in [0.05, 0.1) is 28.5 Å². The van der Waals surface area contributed by atoms with Gasteiger partial charge in [-0.3, -0.25) is 4.57 Å². The lowest BCUT2D eigenvalue weighted by Gasteiger charge is -2.37. The minimum absolute atomic E-state index is 0.112. The number of piperazine rings is 1. The summed E-state index contributed by atoms with van der Waals surface area (Å²) in [5, 5.41) is 14.8. The standard InChI is InChI=1S/C27H37F2N7O3Si/c1-27(2,3)39-26(37)34-11-9-33(10-12-34)21-7-8-31-24-22(21)20(15-30)23(19-16-32-36(17-19)25(28)29)35(24)18-38-13-14-40(4,5)6/h7-8,16-17,25H,9-14,18H2,1-6H3. The molecule has 13 heteroatoms. The molecule has 3 aromatic heterocycles. The van der Waals surface area contributed by atoms with Gasteiger partial charge in [-0.15, -0.1) is 0 Å². The number of fused-ring (bicyclic) bond motifs is 1. The van der Waals surface area contributed by atoms with E-state index in [0.717, 1.165) is 11.7 Å². The minimum Gasteiger partial charge on any atom is -0.444 e. The van der Waals surface area contributed by atoms with Crippen molar-refractivity contribution >= 4 is 30.9 Å². The van der Waals surface area contributed by atoms with Gasteiger partial charge in [0, 0.05) is 58.8 Å². The Labute approximate surface area is 234 Å². The highest BCUT2D eigenvalue weighted by molar-refractivity contribution is 6.76. The molecule has 1 aliphatic rings. The van der Waals surface area contributed by atoms with Crippen LogP contribution in [0.1, 0.15) is 32.9 Å². The molecule has 1 saturated heterocycles. The third-order valence-electron chi connectivity index (χ3n) is 6.60. The smallest absolute Gasteiger partial charge is 0.410 e. The van der Waals surface area contributed by atoms with Gasteiger partial charge >= 0.3 is 12.6 Å². The number of nitriles is 1. The van der Waals surface area contributed by atoms with E-state index < -0.39 is 20.2 Å².